The van der Waals surface area contributed by atoms with Crippen molar-refractivity contribution in [3.63, 3.8) is 0 Å². The van der Waals surface area contributed by atoms with Gasteiger partial charge in [0.1, 0.15) is 11.8 Å². The molecule has 9 heteroatoms. The highest BCUT2D eigenvalue weighted by Crippen LogP contribution is 2.42. The van der Waals surface area contributed by atoms with E-state index in [2.05, 4.69) is 10.6 Å². The van der Waals surface area contributed by atoms with Gasteiger partial charge in [-0.25, -0.2) is 8.78 Å². The Hall–Kier alpha value is -1.83. The second-order valence-corrected chi connectivity index (χ2v) is 4.85. The number of halogens is 5. The summed E-state index contributed by atoms with van der Waals surface area (Å²) in [7, 11) is 0. The first kappa shape index (κ1) is 15.6. The van der Waals surface area contributed by atoms with Gasteiger partial charge >= 0.3 is 12.3 Å². The van der Waals surface area contributed by atoms with Crippen LogP contribution in [-0.4, -0.2) is 24.2 Å². The van der Waals surface area contributed by atoms with Crippen LogP contribution in [0.1, 0.15) is 17.4 Å². The van der Waals surface area contributed by atoms with Crippen molar-refractivity contribution in [2.75, 3.05) is 10.6 Å². The molecule has 1 aliphatic rings. The average Bonchev–Trinajstić information content (AvgIpc) is 2.52. The summed E-state index contributed by atoms with van der Waals surface area (Å²) in [4.78, 5) is 22.7. The maximum absolute atomic E-state index is 13.2. The molecule has 0 spiro atoms. The molecule has 0 saturated heterocycles. The summed E-state index contributed by atoms with van der Waals surface area (Å²) < 4.78 is 51.1. The molecule has 0 saturated carbocycles. The molecule has 1 unspecified atom stereocenters. The number of rotatable bonds is 3. The molecule has 0 radical (unpaired) electrons. The predicted molar refractivity (Wildman–Crippen MR) is 67.9 cm³/mol. The number of amides is 2. The summed E-state index contributed by atoms with van der Waals surface area (Å²) >= 11 is 5.41. The maximum Gasteiger partial charge on any atom is 0.327 e. The fourth-order valence-corrected chi connectivity index (χ4v) is 2.03. The van der Waals surface area contributed by atoms with Gasteiger partial charge in [0, 0.05) is 0 Å². The lowest BCUT2D eigenvalue weighted by Gasteiger charge is -2.22. The summed E-state index contributed by atoms with van der Waals surface area (Å²) in [5.41, 5.74) is -0.0879. The van der Waals surface area contributed by atoms with Crippen LogP contribution in [0, 0.1) is 0 Å². The lowest BCUT2D eigenvalue weighted by atomic mass is 10.0. The molecule has 114 valence electrons. The number of nitrogens with one attached hydrogen (secondary N) is 2. The second-order valence-electron chi connectivity index (χ2n) is 4.42. The minimum absolute atomic E-state index is 0.0269. The zero-order valence-corrected chi connectivity index (χ0v) is 11.1. The van der Waals surface area contributed by atoms with Gasteiger partial charge in [0.05, 0.1) is 11.4 Å². The fraction of sp³-hybridized carbons (Fsp3) is 0.333. The van der Waals surface area contributed by atoms with E-state index in [-0.39, 0.29) is 16.9 Å². The smallest absolute Gasteiger partial charge is 0.324 e. The van der Waals surface area contributed by atoms with Crippen molar-refractivity contribution in [3.05, 3.63) is 23.8 Å². The first-order valence-corrected chi connectivity index (χ1v) is 6.19. The van der Waals surface area contributed by atoms with Crippen LogP contribution >= 0.6 is 11.6 Å². The molecule has 0 fully saturated rings. The summed E-state index contributed by atoms with van der Waals surface area (Å²) in [6.07, 6.45) is -4.35. The van der Waals surface area contributed by atoms with Crippen LogP contribution in [0.2, 0.25) is 0 Å². The van der Waals surface area contributed by atoms with Gasteiger partial charge in [-0.1, -0.05) is 6.07 Å². The minimum atomic E-state index is -4.42. The SMILES string of the molecule is O=C1CC(=O)Nc2cc(C(Cl)C(F)(F)C(F)F)ccc2N1. The number of fused-ring (bicyclic) bond motifs is 1. The van der Waals surface area contributed by atoms with Gasteiger partial charge in [-0.2, -0.15) is 8.78 Å². The molecule has 2 amide bonds. The predicted octanol–water partition coefficient (Wildman–Crippen LogP) is 3.15. The molecule has 2 rings (SSSR count). The maximum atomic E-state index is 13.2. The van der Waals surface area contributed by atoms with Crippen molar-refractivity contribution in [1.29, 1.82) is 0 Å². The molecule has 1 heterocycles. The largest absolute Gasteiger partial charge is 0.327 e. The van der Waals surface area contributed by atoms with Gasteiger partial charge in [0.2, 0.25) is 11.8 Å². The molecule has 1 aromatic rings. The first-order chi connectivity index (χ1) is 9.71. The lowest BCUT2D eigenvalue weighted by molar-refractivity contribution is -0.130. The van der Waals surface area contributed by atoms with Crippen LogP contribution in [-0.2, 0) is 9.59 Å². The fourth-order valence-electron chi connectivity index (χ4n) is 1.80. The van der Waals surface area contributed by atoms with Crippen molar-refractivity contribution in [1.82, 2.24) is 0 Å². The molecule has 0 aliphatic carbocycles. The van der Waals surface area contributed by atoms with Crippen LogP contribution in [0.4, 0.5) is 28.9 Å². The minimum Gasteiger partial charge on any atom is -0.324 e. The molecule has 2 N–H and O–H groups in total. The van der Waals surface area contributed by atoms with Gasteiger partial charge in [-0.15, -0.1) is 11.6 Å². The van der Waals surface area contributed by atoms with E-state index in [9.17, 15) is 27.2 Å². The van der Waals surface area contributed by atoms with Gasteiger partial charge < -0.3 is 10.6 Å². The Morgan fingerprint density at radius 3 is 2.24 bits per heavy atom. The number of anilines is 2. The zero-order chi connectivity index (χ0) is 15.8. The van der Waals surface area contributed by atoms with Crippen LogP contribution in [0.25, 0.3) is 0 Å². The van der Waals surface area contributed by atoms with Crippen LogP contribution in [0.5, 0.6) is 0 Å². The quantitative estimate of drug-likeness (QED) is 0.510. The van der Waals surface area contributed by atoms with E-state index < -0.39 is 36.0 Å². The Bertz CT molecular complexity index is 595. The van der Waals surface area contributed by atoms with Crippen LogP contribution < -0.4 is 10.6 Å². The van der Waals surface area contributed by atoms with Gasteiger partial charge in [0.15, 0.2) is 0 Å². The first-order valence-electron chi connectivity index (χ1n) is 5.75. The van der Waals surface area contributed by atoms with Crippen LogP contribution in [0.3, 0.4) is 0 Å². The van der Waals surface area contributed by atoms with Crippen molar-refractivity contribution in [2.24, 2.45) is 0 Å². The monoisotopic (exact) mass is 324 g/mol. The number of benzene rings is 1. The Morgan fingerprint density at radius 1 is 1.10 bits per heavy atom. The summed E-state index contributed by atoms with van der Waals surface area (Å²) in [6, 6.07) is 3.34. The van der Waals surface area contributed by atoms with Crippen molar-refractivity contribution >= 4 is 34.8 Å². The van der Waals surface area contributed by atoms with Gasteiger partial charge in [-0.05, 0) is 17.7 Å². The number of carbonyl (C=O) groups excluding carboxylic acids is 2. The van der Waals surface area contributed by atoms with E-state index in [4.69, 9.17) is 11.6 Å². The topological polar surface area (TPSA) is 58.2 Å². The van der Waals surface area contributed by atoms with Gasteiger partial charge in [0.25, 0.3) is 0 Å². The van der Waals surface area contributed by atoms with Crippen LogP contribution in [0.15, 0.2) is 18.2 Å². The third kappa shape index (κ3) is 3.10. The molecule has 1 aliphatic heterocycles. The highest BCUT2D eigenvalue weighted by Gasteiger charge is 2.48. The van der Waals surface area contributed by atoms with E-state index >= 15 is 0 Å². The van der Waals surface area contributed by atoms with E-state index in [0.717, 1.165) is 12.1 Å². The molecule has 21 heavy (non-hydrogen) atoms. The van der Waals surface area contributed by atoms with E-state index in [0.29, 0.717) is 0 Å². The third-order valence-corrected chi connectivity index (χ3v) is 3.38. The molecule has 0 bridgehead atoms. The number of carbonyl (C=O) groups is 2. The molecule has 0 aromatic heterocycles. The van der Waals surface area contributed by atoms with Crippen molar-refractivity contribution < 1.29 is 27.2 Å². The van der Waals surface area contributed by atoms with Crippen molar-refractivity contribution in [3.8, 4) is 0 Å². The van der Waals surface area contributed by atoms with Gasteiger partial charge in [-0.3, -0.25) is 9.59 Å². The standard InChI is InChI=1S/C12H9ClF4N2O2/c13-10(12(16,17)11(14)15)5-1-2-6-7(3-5)19-9(21)4-8(20)18-6/h1-3,10-11H,4H2,(H,18,20)(H,19,21). The lowest BCUT2D eigenvalue weighted by Crippen LogP contribution is -2.31. The highest BCUT2D eigenvalue weighted by atomic mass is 35.5. The third-order valence-electron chi connectivity index (χ3n) is 2.83. The average molecular weight is 325 g/mol. The Kier molecular flexibility index (Phi) is 4.08. The Labute approximate surface area is 121 Å². The molecular formula is C12H9ClF4N2O2. The molecule has 1 aromatic carbocycles. The second kappa shape index (κ2) is 5.51. The molecule has 1 atom stereocenters. The number of alkyl halides is 5. The zero-order valence-electron chi connectivity index (χ0n) is 10.3. The van der Waals surface area contributed by atoms with E-state index in [1.165, 1.54) is 6.07 Å². The highest BCUT2D eigenvalue weighted by molar-refractivity contribution is 6.21. The Balaban J connectivity index is 2.37. The summed E-state index contributed by atoms with van der Waals surface area (Å²) in [5, 5.41) is 2.43. The summed E-state index contributed by atoms with van der Waals surface area (Å²) in [6.45, 7) is 0. The normalized spacial score (nSPS) is 16.9. The number of hydrogen-bond donors (Lipinski definition) is 2. The molecular weight excluding hydrogens is 316 g/mol. The summed E-state index contributed by atoms with van der Waals surface area (Å²) in [5.74, 6) is -5.64. The van der Waals surface area contributed by atoms with E-state index in [1.54, 1.807) is 0 Å². The van der Waals surface area contributed by atoms with E-state index in [1.807, 2.05) is 0 Å². The number of hydrogen-bond acceptors (Lipinski definition) is 2. The van der Waals surface area contributed by atoms with Crippen molar-refractivity contribution in [2.45, 2.75) is 24.1 Å². The Morgan fingerprint density at radius 2 is 1.67 bits per heavy atom. The molecule has 4 nitrogen and oxygen atoms in total.